The molecule has 0 aliphatic rings. The van der Waals surface area contributed by atoms with Crippen LogP contribution in [0.2, 0.25) is 0 Å². The van der Waals surface area contributed by atoms with Crippen molar-refractivity contribution in [2.24, 2.45) is 16.5 Å². The van der Waals surface area contributed by atoms with Crippen LogP contribution in [0.25, 0.3) is 0 Å². The first-order valence-corrected chi connectivity index (χ1v) is 5.10. The summed E-state index contributed by atoms with van der Waals surface area (Å²) in [5, 5.41) is 11.4. The summed E-state index contributed by atoms with van der Waals surface area (Å²) in [5.74, 6) is -0.523. The molecule has 0 aromatic rings. The van der Waals surface area contributed by atoms with Gasteiger partial charge in [-0.25, -0.2) is 0 Å². The van der Waals surface area contributed by atoms with Crippen molar-refractivity contribution in [3.63, 3.8) is 0 Å². The van der Waals surface area contributed by atoms with Gasteiger partial charge in [0.15, 0.2) is 5.96 Å². The zero-order chi connectivity index (χ0) is 11.7. The summed E-state index contributed by atoms with van der Waals surface area (Å²) >= 11 is 0. The Morgan fingerprint density at radius 2 is 2.20 bits per heavy atom. The number of unbranched alkanes of at least 4 members (excludes halogenated alkanes) is 1. The molecule has 1 atom stereocenters. The Bertz CT molecular complexity index is 218. The van der Waals surface area contributed by atoms with Gasteiger partial charge in [0.2, 0.25) is 0 Å². The first-order valence-electron chi connectivity index (χ1n) is 5.10. The molecule has 0 fully saturated rings. The molecule has 0 rings (SSSR count). The zero-order valence-corrected chi connectivity index (χ0v) is 9.07. The lowest BCUT2D eigenvalue weighted by Gasteiger charge is -2.05. The van der Waals surface area contributed by atoms with E-state index in [1.807, 2.05) is 6.92 Å². The summed E-state index contributed by atoms with van der Waals surface area (Å²) in [6.07, 6.45) is 2.02. The van der Waals surface area contributed by atoms with E-state index in [9.17, 15) is 4.79 Å². The number of aliphatic carboxylic acids is 1. The number of hydrogen-bond acceptors (Lipinski definition) is 3. The molecular weight excluding hydrogens is 196 g/mol. The lowest BCUT2D eigenvalue weighted by atomic mass is 10.1. The Kier molecular flexibility index (Phi) is 7.35. The van der Waals surface area contributed by atoms with Gasteiger partial charge < -0.3 is 21.9 Å². The molecule has 0 aliphatic carbocycles. The number of hydrogen-bond donors (Lipinski definition) is 4. The van der Waals surface area contributed by atoms with Crippen LogP contribution in [0, 0.1) is 0 Å². The second-order valence-electron chi connectivity index (χ2n) is 3.24. The molecule has 88 valence electrons. The number of nitrogens with zero attached hydrogens (tertiary/aromatic N) is 1. The standard InChI is InChI=1S/C9H20N4O2/c1-2-12-9(11)13-6-4-3-5-7(10)8(14)15/h7H,2-6,10H2,1H3,(H,14,15)(H3,11,12,13)/t7-/m0/s1. The van der Waals surface area contributed by atoms with E-state index >= 15 is 0 Å². The van der Waals surface area contributed by atoms with Crippen LogP contribution in [0.4, 0.5) is 0 Å². The Balaban J connectivity index is 3.47. The van der Waals surface area contributed by atoms with Crippen molar-refractivity contribution in [2.75, 3.05) is 13.1 Å². The van der Waals surface area contributed by atoms with Gasteiger partial charge in [-0.15, -0.1) is 0 Å². The van der Waals surface area contributed by atoms with Crippen LogP contribution in [-0.4, -0.2) is 36.2 Å². The highest BCUT2D eigenvalue weighted by molar-refractivity contribution is 5.77. The van der Waals surface area contributed by atoms with Gasteiger partial charge in [0.25, 0.3) is 0 Å². The van der Waals surface area contributed by atoms with Crippen molar-refractivity contribution in [2.45, 2.75) is 32.2 Å². The van der Waals surface area contributed by atoms with E-state index < -0.39 is 12.0 Å². The molecule has 0 aromatic heterocycles. The van der Waals surface area contributed by atoms with Crippen molar-refractivity contribution in [1.82, 2.24) is 5.32 Å². The molecule has 15 heavy (non-hydrogen) atoms. The predicted molar refractivity (Wildman–Crippen MR) is 59.6 cm³/mol. The molecule has 6 heteroatoms. The molecule has 0 heterocycles. The molecule has 0 saturated heterocycles. The van der Waals surface area contributed by atoms with Crippen molar-refractivity contribution in [3.05, 3.63) is 0 Å². The third-order valence-corrected chi connectivity index (χ3v) is 1.88. The fraction of sp³-hybridized carbons (Fsp3) is 0.778. The van der Waals surface area contributed by atoms with E-state index in [0.717, 1.165) is 19.4 Å². The molecule has 0 amide bonds. The lowest BCUT2D eigenvalue weighted by molar-refractivity contribution is -0.138. The van der Waals surface area contributed by atoms with Crippen LogP contribution in [0.1, 0.15) is 26.2 Å². The van der Waals surface area contributed by atoms with Gasteiger partial charge in [-0.3, -0.25) is 9.79 Å². The third kappa shape index (κ3) is 7.75. The van der Waals surface area contributed by atoms with Crippen molar-refractivity contribution < 1.29 is 9.90 Å². The van der Waals surface area contributed by atoms with Gasteiger partial charge in [0.1, 0.15) is 6.04 Å². The van der Waals surface area contributed by atoms with E-state index in [0.29, 0.717) is 18.9 Å². The van der Waals surface area contributed by atoms with E-state index in [2.05, 4.69) is 10.3 Å². The van der Waals surface area contributed by atoms with Crippen LogP contribution >= 0.6 is 0 Å². The largest absolute Gasteiger partial charge is 0.480 e. The maximum atomic E-state index is 10.4. The Hall–Kier alpha value is -1.30. The number of nitrogens with one attached hydrogen (secondary N) is 1. The lowest BCUT2D eigenvalue weighted by Crippen LogP contribution is -2.31. The number of guanidine groups is 1. The molecule has 0 unspecified atom stereocenters. The number of carboxylic acid groups (broad SMARTS) is 1. The second kappa shape index (κ2) is 8.05. The second-order valence-corrected chi connectivity index (χ2v) is 3.24. The molecule has 0 spiro atoms. The van der Waals surface area contributed by atoms with Gasteiger partial charge in [0.05, 0.1) is 0 Å². The van der Waals surface area contributed by atoms with Crippen LogP contribution in [0.15, 0.2) is 4.99 Å². The fourth-order valence-electron chi connectivity index (χ4n) is 1.04. The number of aliphatic imine (C=N–C) groups is 1. The Morgan fingerprint density at radius 3 is 2.73 bits per heavy atom. The molecule has 0 aliphatic heterocycles. The maximum absolute atomic E-state index is 10.4. The Morgan fingerprint density at radius 1 is 1.53 bits per heavy atom. The average Bonchev–Trinajstić information content (AvgIpc) is 2.17. The van der Waals surface area contributed by atoms with Crippen molar-refractivity contribution in [3.8, 4) is 0 Å². The normalized spacial score (nSPS) is 13.6. The van der Waals surface area contributed by atoms with Crippen molar-refractivity contribution >= 4 is 11.9 Å². The third-order valence-electron chi connectivity index (χ3n) is 1.88. The van der Waals surface area contributed by atoms with Crippen LogP contribution in [0.5, 0.6) is 0 Å². The highest BCUT2D eigenvalue weighted by Crippen LogP contribution is 1.99. The van der Waals surface area contributed by atoms with Crippen LogP contribution < -0.4 is 16.8 Å². The van der Waals surface area contributed by atoms with Gasteiger partial charge in [-0.05, 0) is 26.2 Å². The molecule has 0 aromatic carbocycles. The highest BCUT2D eigenvalue weighted by atomic mass is 16.4. The van der Waals surface area contributed by atoms with Gasteiger partial charge in [-0.1, -0.05) is 0 Å². The van der Waals surface area contributed by atoms with Gasteiger partial charge in [-0.2, -0.15) is 0 Å². The predicted octanol–water partition coefficient (Wildman–Crippen LogP) is -0.507. The smallest absolute Gasteiger partial charge is 0.320 e. The molecule has 0 bridgehead atoms. The minimum absolute atomic E-state index is 0.431. The molecular formula is C9H20N4O2. The van der Waals surface area contributed by atoms with E-state index in [1.54, 1.807) is 0 Å². The summed E-state index contributed by atoms with van der Waals surface area (Å²) in [6, 6.07) is -0.764. The number of carbonyl (C=O) groups is 1. The quantitative estimate of drug-likeness (QED) is 0.260. The molecule has 0 saturated carbocycles. The summed E-state index contributed by atoms with van der Waals surface area (Å²) in [7, 11) is 0. The number of nitrogens with two attached hydrogens (primary N) is 2. The zero-order valence-electron chi connectivity index (χ0n) is 9.07. The van der Waals surface area contributed by atoms with Crippen molar-refractivity contribution in [1.29, 1.82) is 0 Å². The topological polar surface area (TPSA) is 114 Å². The first-order chi connectivity index (χ1) is 7.07. The van der Waals surface area contributed by atoms with Gasteiger partial charge >= 0.3 is 5.97 Å². The summed E-state index contributed by atoms with van der Waals surface area (Å²) < 4.78 is 0. The first kappa shape index (κ1) is 13.7. The molecule has 6 N–H and O–H groups in total. The number of carboxylic acids is 1. The van der Waals surface area contributed by atoms with E-state index in [-0.39, 0.29) is 0 Å². The summed E-state index contributed by atoms with van der Waals surface area (Å²) in [5.41, 5.74) is 10.8. The van der Waals surface area contributed by atoms with E-state index in [1.165, 1.54) is 0 Å². The summed E-state index contributed by atoms with van der Waals surface area (Å²) in [4.78, 5) is 14.4. The monoisotopic (exact) mass is 216 g/mol. The van der Waals surface area contributed by atoms with Crippen LogP contribution in [-0.2, 0) is 4.79 Å². The molecule has 0 radical (unpaired) electrons. The maximum Gasteiger partial charge on any atom is 0.320 e. The Labute approximate surface area is 89.7 Å². The fourth-order valence-corrected chi connectivity index (χ4v) is 1.04. The summed E-state index contributed by atoms with van der Waals surface area (Å²) in [6.45, 7) is 3.29. The molecule has 6 nitrogen and oxygen atoms in total. The van der Waals surface area contributed by atoms with Gasteiger partial charge in [0, 0.05) is 13.1 Å². The average molecular weight is 216 g/mol. The number of rotatable bonds is 7. The SMILES string of the molecule is CCNC(N)=NCCCC[C@H](N)C(=O)O. The minimum Gasteiger partial charge on any atom is -0.480 e. The van der Waals surface area contributed by atoms with E-state index in [4.69, 9.17) is 16.6 Å². The van der Waals surface area contributed by atoms with Crippen LogP contribution in [0.3, 0.4) is 0 Å². The minimum atomic E-state index is -0.953. The highest BCUT2D eigenvalue weighted by Gasteiger charge is 2.09.